The zero-order valence-corrected chi connectivity index (χ0v) is 22.5. The summed E-state index contributed by atoms with van der Waals surface area (Å²) in [7, 11) is 0. The molecular formula is C33H38Ti. The summed E-state index contributed by atoms with van der Waals surface area (Å²) < 4.78 is 0. The maximum absolute atomic E-state index is 3.72. The molecule has 0 fully saturated rings. The molecule has 0 bridgehead atoms. The van der Waals surface area contributed by atoms with Crippen LogP contribution in [-0.4, -0.2) is 0 Å². The molecule has 3 aromatic carbocycles. The molecule has 0 N–H and O–H groups in total. The van der Waals surface area contributed by atoms with Crippen molar-refractivity contribution in [3.8, 4) is 0 Å². The number of benzene rings is 3. The number of rotatable bonds is 1. The molecule has 0 amide bonds. The molecule has 2 aliphatic rings. The van der Waals surface area contributed by atoms with Crippen LogP contribution >= 0.6 is 0 Å². The second kappa shape index (κ2) is 17.0. The second-order valence-electron chi connectivity index (χ2n) is 8.40. The molecule has 0 saturated heterocycles. The Hall–Kier alpha value is -2.54. The minimum Gasteiger partial charge on any atom is -0.266 e. The molecule has 174 valence electrons. The van der Waals surface area contributed by atoms with E-state index in [4.69, 9.17) is 0 Å². The van der Waals surface area contributed by atoms with Crippen LogP contribution in [0.5, 0.6) is 0 Å². The Labute approximate surface area is 224 Å². The molecule has 0 nitrogen and oxygen atoms in total. The van der Waals surface area contributed by atoms with Crippen molar-refractivity contribution in [1.29, 1.82) is 0 Å². The quantitative estimate of drug-likeness (QED) is 0.239. The molecular weight excluding hydrogens is 444 g/mol. The van der Waals surface area contributed by atoms with Crippen LogP contribution in [0.25, 0.3) is 0 Å². The molecule has 1 unspecified atom stereocenters. The molecule has 2 aliphatic carbocycles. The molecule has 0 aromatic heterocycles. The van der Waals surface area contributed by atoms with Crippen LogP contribution < -0.4 is 0 Å². The van der Waals surface area contributed by atoms with E-state index in [1.165, 1.54) is 37.7 Å². The van der Waals surface area contributed by atoms with E-state index < -0.39 is 0 Å². The fraction of sp³-hybridized carbons (Fsp3) is 0.242. The van der Waals surface area contributed by atoms with Gasteiger partial charge >= 0.3 is 21.7 Å². The number of hydrogen-bond donors (Lipinski definition) is 0. The average Bonchev–Trinajstić information content (AvgIpc) is 3.18. The van der Waals surface area contributed by atoms with Gasteiger partial charge in [-0.3, -0.25) is 6.08 Å². The smallest absolute Gasteiger partial charge is 0.266 e. The summed E-state index contributed by atoms with van der Waals surface area (Å²) in [5, 5.41) is 0. The van der Waals surface area contributed by atoms with Crippen molar-refractivity contribution < 1.29 is 21.7 Å². The zero-order valence-electron chi connectivity index (χ0n) is 20.9. The fourth-order valence-corrected chi connectivity index (χ4v) is 3.96. The van der Waals surface area contributed by atoms with Crippen molar-refractivity contribution in [3.05, 3.63) is 151 Å². The molecule has 34 heavy (non-hydrogen) atoms. The molecule has 0 saturated carbocycles. The van der Waals surface area contributed by atoms with E-state index in [1.54, 1.807) is 11.1 Å². The van der Waals surface area contributed by atoms with Gasteiger partial charge < -0.3 is 0 Å². The van der Waals surface area contributed by atoms with E-state index in [-0.39, 0.29) is 21.7 Å². The van der Waals surface area contributed by atoms with E-state index in [9.17, 15) is 0 Å². The van der Waals surface area contributed by atoms with Gasteiger partial charge in [-0.05, 0) is 6.42 Å². The normalized spacial score (nSPS) is 15.5. The first kappa shape index (κ1) is 29.5. The van der Waals surface area contributed by atoms with Gasteiger partial charge in [-0.25, -0.2) is 5.57 Å². The van der Waals surface area contributed by atoms with Crippen molar-refractivity contribution in [3.63, 3.8) is 0 Å². The van der Waals surface area contributed by atoms with Gasteiger partial charge in [0.2, 0.25) is 0 Å². The zero-order chi connectivity index (χ0) is 23.9. The summed E-state index contributed by atoms with van der Waals surface area (Å²) in [5.74, 6) is 0.681. The molecule has 0 heterocycles. The molecule has 1 atom stereocenters. The van der Waals surface area contributed by atoms with E-state index in [0.29, 0.717) is 5.92 Å². The molecule has 5 rings (SSSR count). The summed E-state index contributed by atoms with van der Waals surface area (Å²) in [5.41, 5.74) is 8.05. The van der Waals surface area contributed by atoms with Gasteiger partial charge in [0, 0.05) is 0 Å². The van der Waals surface area contributed by atoms with Crippen LogP contribution in [0.1, 0.15) is 62.6 Å². The van der Waals surface area contributed by atoms with Gasteiger partial charge in [-0.2, -0.15) is 85.0 Å². The van der Waals surface area contributed by atoms with Crippen molar-refractivity contribution in [1.82, 2.24) is 0 Å². The standard InChI is InChI=1S/C12H17.3C7H7.Ti/c1-3-10-8-9(2)11-6-4-5-7-12(10)11;3*1-7-5-3-2-4-6-7;/h10H,3-7H2,1-2H3;3*2-6H,1H2;/q4*-1;+4. The van der Waals surface area contributed by atoms with Crippen LogP contribution in [0.4, 0.5) is 0 Å². The van der Waals surface area contributed by atoms with Gasteiger partial charge in [0.1, 0.15) is 0 Å². The van der Waals surface area contributed by atoms with Crippen LogP contribution in [0.2, 0.25) is 0 Å². The van der Waals surface area contributed by atoms with Gasteiger partial charge in [0.25, 0.3) is 0 Å². The topological polar surface area (TPSA) is 0 Å². The Morgan fingerprint density at radius 1 is 0.676 bits per heavy atom. The molecule has 0 aliphatic heterocycles. The average molecular weight is 483 g/mol. The van der Waals surface area contributed by atoms with E-state index in [2.05, 4.69) is 40.7 Å². The second-order valence-corrected chi connectivity index (χ2v) is 8.40. The largest absolute Gasteiger partial charge is 4.00 e. The van der Waals surface area contributed by atoms with Gasteiger partial charge in [-0.15, -0.1) is 36.4 Å². The molecule has 3 aromatic rings. The SMILES string of the molecule is CCC1[C-]=C(C)C2=C1CCCC2.[CH2-]c1ccccc1.[CH2-]c1ccccc1.[CH2-]c1ccccc1.[Ti+4]. The minimum absolute atomic E-state index is 0. The van der Waals surface area contributed by atoms with E-state index in [1.807, 2.05) is 91.0 Å². The maximum atomic E-state index is 3.72. The summed E-state index contributed by atoms with van der Waals surface area (Å²) in [6, 6.07) is 29.6. The fourth-order valence-electron chi connectivity index (χ4n) is 3.96. The molecule has 0 spiro atoms. The van der Waals surface area contributed by atoms with Crippen LogP contribution in [0, 0.1) is 32.8 Å². The van der Waals surface area contributed by atoms with E-state index in [0.717, 1.165) is 16.7 Å². The minimum atomic E-state index is 0. The molecule has 0 radical (unpaired) electrons. The Morgan fingerprint density at radius 2 is 1.06 bits per heavy atom. The van der Waals surface area contributed by atoms with Crippen molar-refractivity contribution in [2.75, 3.05) is 0 Å². The maximum Gasteiger partial charge on any atom is 4.00 e. The van der Waals surface area contributed by atoms with Crippen LogP contribution in [0.15, 0.2) is 108 Å². The van der Waals surface area contributed by atoms with Crippen molar-refractivity contribution in [2.45, 2.75) is 46.0 Å². The van der Waals surface area contributed by atoms with E-state index >= 15 is 0 Å². The predicted molar refractivity (Wildman–Crippen MR) is 144 cm³/mol. The third-order valence-electron chi connectivity index (χ3n) is 5.71. The summed E-state index contributed by atoms with van der Waals surface area (Å²) in [6.45, 7) is 15.7. The first-order chi connectivity index (χ1) is 16.0. The van der Waals surface area contributed by atoms with Crippen molar-refractivity contribution >= 4 is 0 Å². The first-order valence-electron chi connectivity index (χ1n) is 11.9. The third-order valence-corrected chi connectivity index (χ3v) is 5.71. The van der Waals surface area contributed by atoms with Gasteiger partial charge in [0.15, 0.2) is 0 Å². The number of allylic oxidation sites excluding steroid dienone is 4. The van der Waals surface area contributed by atoms with Gasteiger partial charge in [0.05, 0.1) is 0 Å². The Balaban J connectivity index is 0.000000233. The van der Waals surface area contributed by atoms with Gasteiger partial charge in [-0.1, -0.05) is 63.6 Å². The molecule has 1 heteroatoms. The number of hydrogen-bond acceptors (Lipinski definition) is 0. The van der Waals surface area contributed by atoms with Crippen LogP contribution in [0.3, 0.4) is 0 Å². The Kier molecular flexibility index (Phi) is 14.7. The van der Waals surface area contributed by atoms with Crippen molar-refractivity contribution in [2.24, 2.45) is 5.92 Å². The Morgan fingerprint density at radius 3 is 1.38 bits per heavy atom. The first-order valence-corrected chi connectivity index (χ1v) is 11.9. The summed E-state index contributed by atoms with van der Waals surface area (Å²) in [4.78, 5) is 0. The monoisotopic (exact) mass is 482 g/mol. The summed E-state index contributed by atoms with van der Waals surface area (Å²) in [6.07, 6.45) is 10.3. The Bertz CT molecular complexity index is 880. The summed E-state index contributed by atoms with van der Waals surface area (Å²) >= 11 is 0. The predicted octanol–water partition coefficient (Wildman–Crippen LogP) is 9.25. The third kappa shape index (κ3) is 11.1. The van der Waals surface area contributed by atoms with Crippen LogP contribution in [-0.2, 0) is 21.7 Å².